The Morgan fingerprint density at radius 3 is 2.59 bits per heavy atom. The van der Waals surface area contributed by atoms with Crippen LogP contribution in [0.2, 0.25) is 15.1 Å². The molecular formula is C14H11Cl3N4O. The third kappa shape index (κ3) is 3.05. The first-order valence-electron chi connectivity index (χ1n) is 6.29. The van der Waals surface area contributed by atoms with Crippen molar-refractivity contribution in [1.82, 2.24) is 9.78 Å². The van der Waals surface area contributed by atoms with Crippen LogP contribution in [0.3, 0.4) is 0 Å². The number of amides is 1. The number of carbonyl (C=O) groups excluding carboxylic acids is 1. The van der Waals surface area contributed by atoms with E-state index < -0.39 is 0 Å². The largest absolute Gasteiger partial charge is 0.309 e. The fourth-order valence-corrected chi connectivity index (χ4v) is 2.28. The molecule has 2 aromatic rings. The van der Waals surface area contributed by atoms with E-state index in [1.54, 1.807) is 26.0 Å². The van der Waals surface area contributed by atoms with Crippen LogP contribution in [0, 0.1) is 17.2 Å². The highest BCUT2D eigenvalue weighted by atomic mass is 35.5. The molecule has 1 amide bonds. The molecule has 1 aromatic heterocycles. The van der Waals surface area contributed by atoms with Gasteiger partial charge in [-0.1, -0.05) is 48.7 Å². The van der Waals surface area contributed by atoms with Gasteiger partial charge < -0.3 is 5.32 Å². The van der Waals surface area contributed by atoms with Gasteiger partial charge in [-0.3, -0.25) is 4.79 Å². The van der Waals surface area contributed by atoms with Crippen LogP contribution in [0.25, 0.3) is 5.69 Å². The summed E-state index contributed by atoms with van der Waals surface area (Å²) in [6.45, 7) is 3.49. The van der Waals surface area contributed by atoms with Gasteiger partial charge >= 0.3 is 0 Å². The van der Waals surface area contributed by atoms with Crippen molar-refractivity contribution in [2.45, 2.75) is 13.8 Å². The van der Waals surface area contributed by atoms with Crippen molar-refractivity contribution in [1.29, 1.82) is 5.26 Å². The Balaban J connectivity index is 2.58. The molecule has 114 valence electrons. The predicted molar refractivity (Wildman–Crippen MR) is 86.8 cm³/mol. The summed E-state index contributed by atoms with van der Waals surface area (Å²) >= 11 is 18.1. The topological polar surface area (TPSA) is 70.7 Å². The van der Waals surface area contributed by atoms with Crippen molar-refractivity contribution in [2.75, 3.05) is 5.32 Å². The second-order valence-electron chi connectivity index (χ2n) is 4.77. The maximum Gasteiger partial charge on any atom is 0.228 e. The molecule has 0 saturated heterocycles. The summed E-state index contributed by atoms with van der Waals surface area (Å²) in [5, 5.41) is 16.6. The van der Waals surface area contributed by atoms with Crippen molar-refractivity contribution in [2.24, 2.45) is 5.92 Å². The highest BCUT2D eigenvalue weighted by molar-refractivity contribution is 6.48. The number of nitriles is 1. The SMILES string of the molecule is CC(C)C(=O)Nc1c(C#N)cnn1-c1ccc(Cl)c(Cl)c1Cl. The summed E-state index contributed by atoms with van der Waals surface area (Å²) in [4.78, 5) is 11.9. The Hall–Kier alpha value is -1.74. The number of halogens is 3. The third-order valence-electron chi connectivity index (χ3n) is 2.90. The van der Waals surface area contributed by atoms with E-state index in [0.717, 1.165) is 0 Å². The Morgan fingerprint density at radius 2 is 2.00 bits per heavy atom. The van der Waals surface area contributed by atoms with Crippen LogP contribution in [-0.4, -0.2) is 15.7 Å². The van der Waals surface area contributed by atoms with Gasteiger partial charge in [-0.2, -0.15) is 10.4 Å². The van der Waals surface area contributed by atoms with E-state index in [-0.39, 0.29) is 33.3 Å². The number of hydrogen-bond acceptors (Lipinski definition) is 3. The molecule has 0 fully saturated rings. The van der Waals surface area contributed by atoms with Crippen molar-refractivity contribution < 1.29 is 4.79 Å². The lowest BCUT2D eigenvalue weighted by Crippen LogP contribution is -2.20. The molecule has 0 aliphatic rings. The van der Waals surface area contributed by atoms with E-state index in [9.17, 15) is 4.79 Å². The number of nitrogens with one attached hydrogen (secondary N) is 1. The zero-order valence-corrected chi connectivity index (χ0v) is 14.0. The normalized spacial score (nSPS) is 10.6. The smallest absolute Gasteiger partial charge is 0.228 e. The molecule has 0 spiro atoms. The first-order valence-corrected chi connectivity index (χ1v) is 7.43. The number of nitrogens with zero attached hydrogens (tertiary/aromatic N) is 3. The van der Waals surface area contributed by atoms with Crippen LogP contribution in [-0.2, 0) is 4.79 Å². The second kappa shape index (κ2) is 6.57. The van der Waals surface area contributed by atoms with E-state index >= 15 is 0 Å². The van der Waals surface area contributed by atoms with Crippen molar-refractivity contribution in [3.8, 4) is 11.8 Å². The summed E-state index contributed by atoms with van der Waals surface area (Å²) in [6.07, 6.45) is 1.34. The van der Waals surface area contributed by atoms with Crippen LogP contribution in [0.4, 0.5) is 5.82 Å². The van der Waals surface area contributed by atoms with Crippen molar-refractivity contribution >= 4 is 46.5 Å². The van der Waals surface area contributed by atoms with Gasteiger partial charge in [0, 0.05) is 5.92 Å². The van der Waals surface area contributed by atoms with Gasteiger partial charge in [0.1, 0.15) is 11.6 Å². The van der Waals surface area contributed by atoms with Crippen LogP contribution in [0.15, 0.2) is 18.3 Å². The summed E-state index contributed by atoms with van der Waals surface area (Å²) in [5.41, 5.74) is 0.632. The maximum absolute atomic E-state index is 11.9. The van der Waals surface area contributed by atoms with Gasteiger partial charge in [0.05, 0.1) is 27.0 Å². The monoisotopic (exact) mass is 356 g/mol. The summed E-state index contributed by atoms with van der Waals surface area (Å²) < 4.78 is 1.35. The first-order chi connectivity index (χ1) is 10.4. The van der Waals surface area contributed by atoms with Crippen LogP contribution in [0.1, 0.15) is 19.4 Å². The molecule has 1 heterocycles. The Labute approximate surface area is 142 Å². The minimum absolute atomic E-state index is 0.177. The molecule has 0 unspecified atom stereocenters. The van der Waals surface area contributed by atoms with Crippen LogP contribution < -0.4 is 5.32 Å². The lowest BCUT2D eigenvalue weighted by molar-refractivity contribution is -0.118. The predicted octanol–water partition coefficient (Wildman–Crippen LogP) is 4.30. The average Bonchev–Trinajstić information content (AvgIpc) is 2.87. The molecular weight excluding hydrogens is 347 g/mol. The molecule has 5 nitrogen and oxygen atoms in total. The van der Waals surface area contributed by atoms with E-state index in [2.05, 4.69) is 10.4 Å². The standard InChI is InChI=1S/C14H11Cl3N4O/c1-7(2)14(22)20-13-8(5-18)6-19-21(13)10-4-3-9(15)11(16)12(10)17/h3-4,6-7H,1-2H3,(H,20,22). The first kappa shape index (κ1) is 16.6. The van der Waals surface area contributed by atoms with Gasteiger partial charge in [-0.25, -0.2) is 4.68 Å². The van der Waals surface area contributed by atoms with Crippen molar-refractivity contribution in [3.63, 3.8) is 0 Å². The molecule has 8 heteroatoms. The lowest BCUT2D eigenvalue weighted by atomic mass is 10.2. The van der Waals surface area contributed by atoms with Gasteiger partial charge in [-0.05, 0) is 12.1 Å². The Morgan fingerprint density at radius 1 is 1.32 bits per heavy atom. The molecule has 0 aliphatic heterocycles. The number of carbonyl (C=O) groups is 1. The van der Waals surface area contributed by atoms with E-state index in [1.165, 1.54) is 10.9 Å². The average molecular weight is 358 g/mol. The van der Waals surface area contributed by atoms with E-state index in [4.69, 9.17) is 40.1 Å². The molecule has 2 rings (SSSR count). The fraction of sp³-hybridized carbons (Fsp3) is 0.214. The Kier molecular flexibility index (Phi) is 4.97. The van der Waals surface area contributed by atoms with Crippen LogP contribution in [0.5, 0.6) is 0 Å². The van der Waals surface area contributed by atoms with Gasteiger partial charge in [0.15, 0.2) is 5.82 Å². The molecule has 0 atom stereocenters. The molecule has 1 aromatic carbocycles. The van der Waals surface area contributed by atoms with Crippen LogP contribution >= 0.6 is 34.8 Å². The van der Waals surface area contributed by atoms with Gasteiger partial charge in [0.2, 0.25) is 5.91 Å². The highest BCUT2D eigenvalue weighted by Gasteiger charge is 2.19. The fourth-order valence-electron chi connectivity index (χ4n) is 1.67. The minimum Gasteiger partial charge on any atom is -0.309 e. The maximum atomic E-state index is 11.9. The zero-order valence-electron chi connectivity index (χ0n) is 11.7. The highest BCUT2D eigenvalue weighted by Crippen LogP contribution is 2.36. The number of rotatable bonds is 3. The third-order valence-corrected chi connectivity index (χ3v) is 4.18. The summed E-state index contributed by atoms with van der Waals surface area (Å²) in [6, 6.07) is 5.14. The molecule has 1 N–H and O–H groups in total. The summed E-state index contributed by atoms with van der Waals surface area (Å²) in [7, 11) is 0. The molecule has 0 aliphatic carbocycles. The van der Waals surface area contributed by atoms with Gasteiger partial charge in [-0.15, -0.1) is 0 Å². The molecule has 0 saturated carbocycles. The number of anilines is 1. The molecule has 22 heavy (non-hydrogen) atoms. The Bertz CT molecular complexity index is 777. The molecule has 0 bridgehead atoms. The number of benzene rings is 1. The number of hydrogen-bond donors (Lipinski definition) is 1. The second-order valence-corrected chi connectivity index (χ2v) is 5.93. The van der Waals surface area contributed by atoms with E-state index in [1.807, 2.05) is 6.07 Å². The quantitative estimate of drug-likeness (QED) is 0.833. The molecule has 0 radical (unpaired) electrons. The summed E-state index contributed by atoms with van der Waals surface area (Å²) in [5.74, 6) is -0.255. The minimum atomic E-state index is -0.251. The lowest BCUT2D eigenvalue weighted by Gasteiger charge is -2.13. The van der Waals surface area contributed by atoms with Gasteiger partial charge in [0.25, 0.3) is 0 Å². The number of aromatic nitrogens is 2. The van der Waals surface area contributed by atoms with E-state index in [0.29, 0.717) is 10.7 Å². The van der Waals surface area contributed by atoms with Crippen molar-refractivity contribution in [3.05, 3.63) is 39.0 Å². The zero-order chi connectivity index (χ0) is 16.4.